The van der Waals surface area contributed by atoms with E-state index >= 15 is 0 Å². The number of rotatable bonds is 6. The van der Waals surface area contributed by atoms with Gasteiger partial charge in [0, 0.05) is 18.7 Å². The number of unbranched alkanes of at least 4 members (excludes halogenated alkanes) is 1. The maximum absolute atomic E-state index is 8.51. The van der Waals surface area contributed by atoms with Crippen molar-refractivity contribution in [2.45, 2.75) is 39.5 Å². The molecule has 0 heterocycles. The molecule has 1 aromatic carbocycles. The Kier molecular flexibility index (Phi) is 5.51. The number of hydrogen-bond acceptors (Lipinski definition) is 3. The Morgan fingerprint density at radius 1 is 1.39 bits per heavy atom. The Bertz CT molecular complexity index is 433. The van der Waals surface area contributed by atoms with Crippen LogP contribution in [0.25, 0.3) is 0 Å². The average molecular weight is 246 g/mol. The molecule has 1 aromatic rings. The first kappa shape index (κ1) is 14.4. The zero-order valence-electron chi connectivity index (χ0n) is 11.7. The van der Waals surface area contributed by atoms with E-state index in [1.165, 1.54) is 11.1 Å². The van der Waals surface area contributed by atoms with Crippen LogP contribution in [0.2, 0.25) is 0 Å². The molecule has 0 fully saturated rings. The lowest BCUT2D eigenvalue weighted by molar-refractivity contribution is 0.407. The molecular weight excluding hydrogens is 224 g/mol. The topological polar surface area (TPSA) is 45.0 Å². The Balaban J connectivity index is 2.85. The molecule has 1 N–H and O–H groups in total. The van der Waals surface area contributed by atoms with E-state index in [-0.39, 0.29) is 0 Å². The van der Waals surface area contributed by atoms with Gasteiger partial charge in [0.05, 0.1) is 13.2 Å². The fraction of sp³-hybridized carbons (Fsp3) is 0.533. The van der Waals surface area contributed by atoms with E-state index in [0.717, 1.165) is 24.4 Å². The van der Waals surface area contributed by atoms with Gasteiger partial charge in [0.1, 0.15) is 5.75 Å². The Morgan fingerprint density at radius 2 is 2.11 bits per heavy atom. The van der Waals surface area contributed by atoms with Crippen LogP contribution in [0.3, 0.4) is 0 Å². The van der Waals surface area contributed by atoms with Crippen LogP contribution in [0.5, 0.6) is 5.75 Å². The van der Waals surface area contributed by atoms with Gasteiger partial charge in [-0.15, -0.1) is 0 Å². The SMILES string of the molecule is COc1cc(C)c(NCCCC#N)cc1C(C)C. The van der Waals surface area contributed by atoms with Crippen molar-refractivity contribution in [3.8, 4) is 11.8 Å². The summed E-state index contributed by atoms with van der Waals surface area (Å²) in [6.45, 7) is 7.22. The first-order valence-corrected chi connectivity index (χ1v) is 6.39. The zero-order valence-corrected chi connectivity index (χ0v) is 11.7. The summed E-state index contributed by atoms with van der Waals surface area (Å²) < 4.78 is 5.41. The van der Waals surface area contributed by atoms with Crippen molar-refractivity contribution in [2.24, 2.45) is 0 Å². The number of aryl methyl sites for hydroxylation is 1. The highest BCUT2D eigenvalue weighted by Gasteiger charge is 2.10. The van der Waals surface area contributed by atoms with Crippen molar-refractivity contribution in [1.29, 1.82) is 5.26 Å². The highest BCUT2D eigenvalue weighted by molar-refractivity contribution is 5.58. The van der Waals surface area contributed by atoms with Crippen molar-refractivity contribution in [3.63, 3.8) is 0 Å². The lowest BCUT2D eigenvalue weighted by Gasteiger charge is -2.17. The molecule has 3 heteroatoms. The van der Waals surface area contributed by atoms with E-state index < -0.39 is 0 Å². The lowest BCUT2D eigenvalue weighted by atomic mass is 9.99. The molecule has 0 radical (unpaired) electrons. The van der Waals surface area contributed by atoms with Crippen LogP contribution in [0.15, 0.2) is 12.1 Å². The molecule has 0 atom stereocenters. The first-order valence-electron chi connectivity index (χ1n) is 6.39. The maximum Gasteiger partial charge on any atom is 0.122 e. The van der Waals surface area contributed by atoms with Gasteiger partial charge in [-0.05, 0) is 42.5 Å². The molecule has 0 saturated carbocycles. The van der Waals surface area contributed by atoms with Crippen molar-refractivity contribution in [1.82, 2.24) is 0 Å². The van der Waals surface area contributed by atoms with Gasteiger partial charge in [-0.25, -0.2) is 0 Å². The minimum absolute atomic E-state index is 0.431. The molecule has 0 aliphatic heterocycles. The van der Waals surface area contributed by atoms with Crippen LogP contribution in [0.4, 0.5) is 5.69 Å². The summed E-state index contributed by atoms with van der Waals surface area (Å²) in [7, 11) is 1.71. The molecule has 0 amide bonds. The third kappa shape index (κ3) is 3.66. The summed E-state index contributed by atoms with van der Waals surface area (Å²) in [6, 6.07) is 6.39. The Hall–Kier alpha value is -1.69. The van der Waals surface area contributed by atoms with Gasteiger partial charge in [0.2, 0.25) is 0 Å². The van der Waals surface area contributed by atoms with Crippen LogP contribution in [0, 0.1) is 18.3 Å². The summed E-state index contributed by atoms with van der Waals surface area (Å²) in [6.07, 6.45) is 1.47. The second-order valence-electron chi connectivity index (χ2n) is 4.75. The highest BCUT2D eigenvalue weighted by Crippen LogP contribution is 2.31. The van der Waals surface area contributed by atoms with E-state index in [1.54, 1.807) is 7.11 Å². The van der Waals surface area contributed by atoms with E-state index in [2.05, 4.69) is 44.3 Å². The Labute approximate surface area is 110 Å². The summed E-state index contributed by atoms with van der Waals surface area (Å²) in [5.41, 5.74) is 3.52. The third-order valence-corrected chi connectivity index (χ3v) is 2.98. The van der Waals surface area contributed by atoms with Gasteiger partial charge in [-0.3, -0.25) is 0 Å². The second kappa shape index (κ2) is 6.90. The largest absolute Gasteiger partial charge is 0.496 e. The summed E-state index contributed by atoms with van der Waals surface area (Å²) in [5, 5.41) is 11.9. The summed E-state index contributed by atoms with van der Waals surface area (Å²) in [5.74, 6) is 1.38. The van der Waals surface area contributed by atoms with Crippen LogP contribution in [0.1, 0.15) is 43.7 Å². The quantitative estimate of drug-likeness (QED) is 0.775. The summed E-state index contributed by atoms with van der Waals surface area (Å²) >= 11 is 0. The fourth-order valence-electron chi connectivity index (χ4n) is 1.91. The predicted octanol–water partition coefficient (Wildman–Crippen LogP) is 3.84. The van der Waals surface area contributed by atoms with E-state index in [4.69, 9.17) is 10.00 Å². The van der Waals surface area contributed by atoms with Gasteiger partial charge in [-0.1, -0.05) is 13.8 Å². The van der Waals surface area contributed by atoms with Gasteiger partial charge in [0.15, 0.2) is 0 Å². The van der Waals surface area contributed by atoms with Crippen LogP contribution < -0.4 is 10.1 Å². The molecule has 98 valence electrons. The van der Waals surface area contributed by atoms with Gasteiger partial charge in [0.25, 0.3) is 0 Å². The molecule has 0 bridgehead atoms. The number of ether oxygens (including phenoxy) is 1. The molecule has 0 unspecified atom stereocenters. The number of nitrogens with one attached hydrogen (secondary N) is 1. The molecule has 1 rings (SSSR count). The second-order valence-corrected chi connectivity index (χ2v) is 4.75. The summed E-state index contributed by atoms with van der Waals surface area (Å²) in [4.78, 5) is 0. The first-order chi connectivity index (χ1) is 8.60. The molecule has 0 saturated heterocycles. The number of nitrogens with zero attached hydrogens (tertiary/aromatic N) is 1. The van der Waals surface area contributed by atoms with E-state index in [0.29, 0.717) is 12.3 Å². The third-order valence-electron chi connectivity index (χ3n) is 2.98. The van der Waals surface area contributed by atoms with Gasteiger partial charge < -0.3 is 10.1 Å². The normalized spacial score (nSPS) is 10.2. The zero-order chi connectivity index (χ0) is 13.5. The van der Waals surface area contributed by atoms with Gasteiger partial charge >= 0.3 is 0 Å². The van der Waals surface area contributed by atoms with Crippen molar-refractivity contribution in [2.75, 3.05) is 19.0 Å². The monoisotopic (exact) mass is 246 g/mol. The molecule has 0 spiro atoms. The number of nitriles is 1. The number of benzene rings is 1. The highest BCUT2D eigenvalue weighted by atomic mass is 16.5. The van der Waals surface area contributed by atoms with Crippen molar-refractivity contribution in [3.05, 3.63) is 23.3 Å². The van der Waals surface area contributed by atoms with Gasteiger partial charge in [-0.2, -0.15) is 5.26 Å². The smallest absolute Gasteiger partial charge is 0.122 e. The van der Waals surface area contributed by atoms with E-state index in [1.807, 2.05) is 0 Å². The molecule has 18 heavy (non-hydrogen) atoms. The molecule has 0 aliphatic rings. The average Bonchev–Trinajstić information content (AvgIpc) is 2.35. The maximum atomic E-state index is 8.51. The standard InChI is InChI=1S/C15H22N2O/c1-11(2)13-10-14(17-8-6-5-7-16)12(3)9-15(13)18-4/h9-11,17H,5-6,8H2,1-4H3. The number of hydrogen-bond donors (Lipinski definition) is 1. The molecule has 3 nitrogen and oxygen atoms in total. The minimum Gasteiger partial charge on any atom is -0.496 e. The molecule has 0 aliphatic carbocycles. The lowest BCUT2D eigenvalue weighted by Crippen LogP contribution is -2.05. The fourth-order valence-corrected chi connectivity index (χ4v) is 1.91. The molecule has 0 aromatic heterocycles. The van der Waals surface area contributed by atoms with Crippen molar-refractivity contribution >= 4 is 5.69 Å². The van der Waals surface area contributed by atoms with Crippen LogP contribution in [-0.4, -0.2) is 13.7 Å². The van der Waals surface area contributed by atoms with Crippen LogP contribution in [-0.2, 0) is 0 Å². The number of methoxy groups -OCH3 is 1. The van der Waals surface area contributed by atoms with E-state index in [9.17, 15) is 0 Å². The minimum atomic E-state index is 0.431. The van der Waals surface area contributed by atoms with Crippen LogP contribution >= 0.6 is 0 Å². The Morgan fingerprint density at radius 3 is 2.67 bits per heavy atom. The van der Waals surface area contributed by atoms with Crippen molar-refractivity contribution < 1.29 is 4.74 Å². The molecular formula is C15H22N2O. The predicted molar refractivity (Wildman–Crippen MR) is 75.2 cm³/mol. The number of anilines is 1.